The smallest absolute Gasteiger partial charge is 0.276 e. The Morgan fingerprint density at radius 2 is 1.84 bits per heavy atom. The third kappa shape index (κ3) is 3.62. The zero-order valence-corrected chi connectivity index (χ0v) is 18.3. The van der Waals surface area contributed by atoms with Crippen molar-refractivity contribution in [1.82, 2.24) is 10.3 Å². The maximum atomic E-state index is 13.0. The summed E-state index contributed by atoms with van der Waals surface area (Å²) >= 11 is 1.43. The van der Waals surface area contributed by atoms with Crippen LogP contribution in [0, 0.1) is 0 Å². The highest BCUT2D eigenvalue weighted by Crippen LogP contribution is 2.36. The molecule has 0 atom stereocenters. The van der Waals surface area contributed by atoms with Crippen LogP contribution in [0.4, 0.5) is 5.69 Å². The third-order valence-electron chi connectivity index (χ3n) is 5.80. The first-order valence-corrected chi connectivity index (χ1v) is 12.5. The maximum absolute atomic E-state index is 13.0. The van der Waals surface area contributed by atoms with Crippen LogP contribution in [0.2, 0.25) is 0 Å². The van der Waals surface area contributed by atoms with Crippen molar-refractivity contribution in [2.45, 2.75) is 43.4 Å². The number of hydrazine groups is 1. The molecular formula is C22H21N3O4S2. The van der Waals surface area contributed by atoms with Crippen molar-refractivity contribution in [2.24, 2.45) is 0 Å². The lowest BCUT2D eigenvalue weighted by Gasteiger charge is -2.11. The molecule has 0 spiro atoms. The molecule has 2 amide bonds. The molecule has 160 valence electrons. The summed E-state index contributed by atoms with van der Waals surface area (Å²) in [6.07, 6.45) is 6.55. The van der Waals surface area contributed by atoms with Crippen molar-refractivity contribution in [2.75, 3.05) is 5.32 Å². The summed E-state index contributed by atoms with van der Waals surface area (Å²) in [5.41, 5.74) is 4.56. The number of carbonyl (C=O) groups is 2. The molecule has 1 aliphatic carbocycles. The molecule has 0 unspecified atom stereocenters. The van der Waals surface area contributed by atoms with Gasteiger partial charge in [-0.1, -0.05) is 25.0 Å². The molecule has 0 bridgehead atoms. The van der Waals surface area contributed by atoms with Crippen LogP contribution < -0.4 is 15.6 Å². The number of rotatable bonds is 4. The maximum Gasteiger partial charge on any atom is 0.276 e. The van der Waals surface area contributed by atoms with E-state index in [1.807, 2.05) is 6.07 Å². The highest BCUT2D eigenvalue weighted by molar-refractivity contribution is 7.89. The van der Waals surface area contributed by atoms with Gasteiger partial charge in [0.1, 0.15) is 0 Å². The molecule has 2 aromatic carbocycles. The predicted octanol–water partition coefficient (Wildman–Crippen LogP) is 3.75. The Kier molecular flexibility index (Phi) is 5.04. The first kappa shape index (κ1) is 20.2. The topological polar surface area (TPSA) is 104 Å². The molecule has 3 aromatic rings. The predicted molar refractivity (Wildman–Crippen MR) is 120 cm³/mol. The second kappa shape index (κ2) is 7.74. The first-order chi connectivity index (χ1) is 14.9. The van der Waals surface area contributed by atoms with Gasteiger partial charge in [0.05, 0.1) is 9.77 Å². The third-order valence-corrected chi connectivity index (χ3v) is 8.34. The Labute approximate surface area is 183 Å². The van der Waals surface area contributed by atoms with E-state index in [4.69, 9.17) is 0 Å². The average Bonchev–Trinajstić information content (AvgIpc) is 3.28. The fourth-order valence-corrected chi connectivity index (χ4v) is 6.48. The summed E-state index contributed by atoms with van der Waals surface area (Å²) < 4.78 is 25.9. The minimum absolute atomic E-state index is 0.00310. The van der Waals surface area contributed by atoms with Gasteiger partial charge in [-0.2, -0.15) is 0 Å². The van der Waals surface area contributed by atoms with Crippen LogP contribution in [0.1, 0.15) is 56.2 Å². The number of carbonyl (C=O) groups excluding carboxylic acids is 2. The Morgan fingerprint density at radius 1 is 1.03 bits per heavy atom. The number of benzene rings is 2. The number of aryl methyl sites for hydroxylation is 2. The van der Waals surface area contributed by atoms with Crippen LogP contribution in [0.15, 0.2) is 41.3 Å². The molecule has 2 heterocycles. The lowest BCUT2D eigenvalue weighted by molar-refractivity contribution is 0.0948. The van der Waals surface area contributed by atoms with Crippen molar-refractivity contribution in [3.63, 3.8) is 0 Å². The molecule has 0 fully saturated rings. The van der Waals surface area contributed by atoms with Gasteiger partial charge in [0.25, 0.3) is 21.8 Å². The summed E-state index contributed by atoms with van der Waals surface area (Å²) in [7, 11) is -4.04. The Morgan fingerprint density at radius 3 is 2.68 bits per heavy atom. The van der Waals surface area contributed by atoms with Crippen LogP contribution in [0.25, 0.3) is 10.8 Å². The van der Waals surface area contributed by atoms with Crippen molar-refractivity contribution < 1.29 is 18.0 Å². The molecule has 0 radical (unpaired) electrons. The Bertz CT molecular complexity index is 1300. The fraction of sp³-hybridized carbons (Fsp3) is 0.273. The van der Waals surface area contributed by atoms with Crippen molar-refractivity contribution in [1.29, 1.82) is 0 Å². The van der Waals surface area contributed by atoms with E-state index in [1.54, 1.807) is 24.3 Å². The number of sulfonamides is 1. The number of nitrogens with one attached hydrogen (secondary N) is 3. The summed E-state index contributed by atoms with van der Waals surface area (Å²) in [6.45, 7) is 0. The molecule has 7 nitrogen and oxygen atoms in total. The van der Waals surface area contributed by atoms with Gasteiger partial charge in [0, 0.05) is 26.9 Å². The quantitative estimate of drug-likeness (QED) is 0.521. The van der Waals surface area contributed by atoms with Crippen LogP contribution in [-0.4, -0.2) is 20.2 Å². The van der Waals surface area contributed by atoms with Crippen LogP contribution in [-0.2, 0) is 22.9 Å². The van der Waals surface area contributed by atoms with E-state index < -0.39 is 15.9 Å². The molecule has 1 aliphatic heterocycles. The number of anilines is 1. The first-order valence-electron chi connectivity index (χ1n) is 10.2. The van der Waals surface area contributed by atoms with Crippen LogP contribution >= 0.6 is 11.3 Å². The highest BCUT2D eigenvalue weighted by atomic mass is 32.2. The summed E-state index contributed by atoms with van der Waals surface area (Å²) in [6, 6.07) is 9.82. The van der Waals surface area contributed by atoms with Gasteiger partial charge < -0.3 is 5.32 Å². The van der Waals surface area contributed by atoms with Gasteiger partial charge >= 0.3 is 0 Å². The molecule has 0 saturated carbocycles. The van der Waals surface area contributed by atoms with Gasteiger partial charge in [0.2, 0.25) is 0 Å². The Balaban J connectivity index is 1.39. The largest absolute Gasteiger partial charge is 0.321 e. The zero-order valence-electron chi connectivity index (χ0n) is 16.7. The van der Waals surface area contributed by atoms with E-state index >= 15 is 0 Å². The highest BCUT2D eigenvalue weighted by Gasteiger charge is 2.27. The van der Waals surface area contributed by atoms with E-state index in [2.05, 4.69) is 15.6 Å². The summed E-state index contributed by atoms with van der Waals surface area (Å²) in [5.74, 6) is -0.729. The molecule has 5 rings (SSSR count). The van der Waals surface area contributed by atoms with Gasteiger partial charge in [-0.05, 0) is 55.5 Å². The normalized spacial score (nSPS) is 15.8. The van der Waals surface area contributed by atoms with Gasteiger partial charge in [-0.25, -0.2) is 8.42 Å². The van der Waals surface area contributed by atoms with Gasteiger partial charge in [0.15, 0.2) is 0 Å². The number of hydrogen-bond acceptors (Lipinski definition) is 5. The van der Waals surface area contributed by atoms with Crippen molar-refractivity contribution in [3.05, 3.63) is 57.3 Å². The number of amides is 2. The molecule has 3 N–H and O–H groups in total. The Hall–Kier alpha value is -2.75. The molecule has 1 aromatic heterocycles. The fourth-order valence-electron chi connectivity index (χ4n) is 4.28. The average molecular weight is 456 g/mol. The number of thiophene rings is 1. The van der Waals surface area contributed by atoms with Gasteiger partial charge in [-0.3, -0.25) is 15.0 Å². The van der Waals surface area contributed by atoms with Crippen molar-refractivity contribution in [3.8, 4) is 0 Å². The second-order valence-electron chi connectivity index (χ2n) is 7.83. The molecule has 2 aliphatic rings. The SMILES string of the molecule is O=C(NNS(=O)(=O)c1ccc2c3c(cccc13)C(=O)N2)c1cc2c(s1)CCCCCC2. The van der Waals surface area contributed by atoms with Crippen molar-refractivity contribution >= 4 is 49.6 Å². The zero-order chi connectivity index (χ0) is 21.6. The second-order valence-corrected chi connectivity index (χ2v) is 10.6. The summed E-state index contributed by atoms with van der Waals surface area (Å²) in [5, 5.41) is 3.73. The van der Waals surface area contributed by atoms with E-state index in [0.717, 1.165) is 25.7 Å². The molecular weight excluding hydrogens is 434 g/mol. The van der Waals surface area contributed by atoms with Gasteiger partial charge in [-0.15, -0.1) is 16.2 Å². The molecule has 31 heavy (non-hydrogen) atoms. The van der Waals surface area contributed by atoms with Crippen LogP contribution in [0.3, 0.4) is 0 Å². The minimum atomic E-state index is -4.04. The standard InChI is InChI=1S/C22H21N3O4S2/c26-21-15-8-5-7-14-19(11-10-16(23-21)20(14)15)31(28,29)25-24-22(27)18-12-13-6-3-1-2-4-9-17(13)30-18/h5,7-8,10-12,25H,1-4,6,9H2,(H,23,26)(H,24,27). The van der Waals surface area contributed by atoms with Crippen LogP contribution in [0.5, 0.6) is 0 Å². The van der Waals surface area contributed by atoms with E-state index in [1.165, 1.54) is 40.7 Å². The van der Waals surface area contributed by atoms with E-state index in [9.17, 15) is 18.0 Å². The molecule has 9 heteroatoms. The summed E-state index contributed by atoms with van der Waals surface area (Å²) in [4.78, 5) is 28.7. The number of hydrogen-bond donors (Lipinski definition) is 3. The minimum Gasteiger partial charge on any atom is -0.321 e. The number of fused-ring (bicyclic) bond motifs is 1. The lowest BCUT2D eigenvalue weighted by atomic mass is 10.00. The lowest BCUT2D eigenvalue weighted by Crippen LogP contribution is -2.41. The monoisotopic (exact) mass is 455 g/mol. The van der Waals surface area contributed by atoms with E-state index in [0.29, 0.717) is 26.9 Å². The van der Waals surface area contributed by atoms with E-state index in [-0.39, 0.29) is 10.8 Å². The molecule has 0 saturated heterocycles.